The second kappa shape index (κ2) is 8.73. The van der Waals surface area contributed by atoms with Crippen LogP contribution in [0.1, 0.15) is 23.6 Å². The highest BCUT2D eigenvalue weighted by atomic mass is 35.5. The minimum absolute atomic E-state index is 0.0555. The molecule has 2 N–H and O–H groups in total. The minimum atomic E-state index is -3.29. The van der Waals surface area contributed by atoms with Crippen molar-refractivity contribution in [2.75, 3.05) is 24.7 Å². The first-order valence-electron chi connectivity index (χ1n) is 9.04. The van der Waals surface area contributed by atoms with E-state index in [9.17, 15) is 13.7 Å². The van der Waals surface area contributed by atoms with E-state index in [1.54, 1.807) is 28.4 Å². The lowest BCUT2D eigenvalue weighted by molar-refractivity contribution is 0.460. The van der Waals surface area contributed by atoms with Gasteiger partial charge in [0.1, 0.15) is 16.6 Å². The summed E-state index contributed by atoms with van der Waals surface area (Å²) in [6, 6.07) is 5.38. The van der Waals surface area contributed by atoms with Gasteiger partial charge in [-0.05, 0) is 42.6 Å². The maximum atomic E-state index is 11.8. The molecule has 2 heterocycles. The van der Waals surface area contributed by atoms with E-state index in [1.165, 1.54) is 22.1 Å². The Morgan fingerprint density at radius 2 is 2.23 bits per heavy atom. The summed E-state index contributed by atoms with van der Waals surface area (Å²) in [5, 5.41) is 22.2. The molecule has 1 aliphatic heterocycles. The van der Waals surface area contributed by atoms with Crippen LogP contribution in [0.15, 0.2) is 29.8 Å². The van der Waals surface area contributed by atoms with Crippen LogP contribution in [0, 0.1) is 23.7 Å². The smallest absolute Gasteiger partial charge is 0.211 e. The number of nitrogens with zero attached hydrogens (tertiary/aromatic N) is 4. The zero-order valence-electron chi connectivity index (χ0n) is 16.5. The molecule has 1 aliphatic rings. The van der Waals surface area contributed by atoms with E-state index in [0.29, 0.717) is 34.4 Å². The molecule has 0 bridgehead atoms. The third-order valence-corrected chi connectivity index (χ3v) is 7.61. The summed E-state index contributed by atoms with van der Waals surface area (Å²) in [4.78, 5) is 4.32. The Hall–Kier alpha value is -2.45. The Labute approximate surface area is 184 Å². The van der Waals surface area contributed by atoms with Gasteiger partial charge in [0.05, 0.1) is 28.7 Å². The fourth-order valence-corrected chi connectivity index (χ4v) is 5.48. The van der Waals surface area contributed by atoms with Crippen molar-refractivity contribution in [1.82, 2.24) is 8.26 Å². The van der Waals surface area contributed by atoms with Crippen LogP contribution in [-0.2, 0) is 10.0 Å². The summed E-state index contributed by atoms with van der Waals surface area (Å²) in [7, 11) is -3.29. The van der Waals surface area contributed by atoms with E-state index in [2.05, 4.69) is 23.0 Å². The molecule has 158 valence electrons. The van der Waals surface area contributed by atoms with Crippen molar-refractivity contribution in [3.8, 4) is 6.07 Å². The van der Waals surface area contributed by atoms with Gasteiger partial charge in [0.15, 0.2) is 5.49 Å². The normalized spacial score (nSPS) is 17.3. The summed E-state index contributed by atoms with van der Waals surface area (Å²) in [6.07, 6.45) is 4.91. The number of nitrogens with one attached hydrogen (secondary N) is 2. The molecule has 3 rings (SSSR count). The van der Waals surface area contributed by atoms with Crippen LogP contribution in [-0.4, -0.2) is 42.2 Å². The number of aliphatic imine (C=N–C) groups is 1. The lowest BCUT2D eigenvalue weighted by atomic mass is 10.1. The molecule has 0 radical (unpaired) electrons. The highest BCUT2D eigenvalue weighted by Crippen LogP contribution is 2.37. The first-order valence-corrected chi connectivity index (χ1v) is 12.0. The average Bonchev–Trinajstić information content (AvgIpc) is 3.29. The van der Waals surface area contributed by atoms with E-state index >= 15 is 0 Å². The molecule has 8 nitrogen and oxygen atoms in total. The number of hydrogen-bond acceptors (Lipinski definition) is 7. The third kappa shape index (κ3) is 4.34. The zero-order valence-corrected chi connectivity index (χ0v) is 18.9. The highest BCUT2D eigenvalue weighted by Gasteiger charge is 2.31. The first kappa shape index (κ1) is 22.2. The van der Waals surface area contributed by atoms with Gasteiger partial charge in [-0.3, -0.25) is 14.4 Å². The molecule has 0 amide bonds. The van der Waals surface area contributed by atoms with Crippen molar-refractivity contribution in [1.29, 1.82) is 10.7 Å². The Kier molecular flexibility index (Phi) is 6.47. The summed E-state index contributed by atoms with van der Waals surface area (Å²) >= 11 is 7.60. The molecule has 30 heavy (non-hydrogen) atoms. The number of sulfonamides is 1. The van der Waals surface area contributed by atoms with Gasteiger partial charge in [0, 0.05) is 19.3 Å². The number of rotatable bonds is 6. The summed E-state index contributed by atoms with van der Waals surface area (Å²) < 4.78 is 26.7. The van der Waals surface area contributed by atoms with Gasteiger partial charge in [-0.15, -0.1) is 0 Å². The van der Waals surface area contributed by atoms with Gasteiger partial charge in [-0.25, -0.2) is 8.42 Å². The van der Waals surface area contributed by atoms with E-state index in [4.69, 9.17) is 17.0 Å². The van der Waals surface area contributed by atoms with Crippen LogP contribution in [0.2, 0.25) is 5.02 Å². The van der Waals surface area contributed by atoms with Crippen LogP contribution in [0.3, 0.4) is 0 Å². The van der Waals surface area contributed by atoms with Crippen LogP contribution in [0.25, 0.3) is 0 Å². The van der Waals surface area contributed by atoms with E-state index < -0.39 is 10.0 Å². The molecule has 1 fully saturated rings. The van der Waals surface area contributed by atoms with Crippen LogP contribution in [0.5, 0.6) is 0 Å². The molecular formula is C19H21ClN6O2S2. The van der Waals surface area contributed by atoms with Crippen LogP contribution < -0.4 is 10.8 Å². The van der Waals surface area contributed by atoms with E-state index in [1.807, 2.05) is 6.92 Å². The average molecular weight is 465 g/mol. The van der Waals surface area contributed by atoms with Crippen LogP contribution >= 0.6 is 23.1 Å². The van der Waals surface area contributed by atoms with Gasteiger partial charge in [0.2, 0.25) is 10.0 Å². The zero-order chi connectivity index (χ0) is 22.1. The van der Waals surface area contributed by atoms with E-state index in [0.717, 1.165) is 5.56 Å². The maximum Gasteiger partial charge on any atom is 0.211 e. The van der Waals surface area contributed by atoms with Gasteiger partial charge < -0.3 is 5.32 Å². The van der Waals surface area contributed by atoms with Gasteiger partial charge >= 0.3 is 0 Å². The van der Waals surface area contributed by atoms with Crippen molar-refractivity contribution in [2.24, 2.45) is 4.99 Å². The predicted octanol–water partition coefficient (Wildman–Crippen LogP) is 3.70. The van der Waals surface area contributed by atoms with Gasteiger partial charge in [0.25, 0.3) is 0 Å². The standard InChI is InChI=1S/C19H21ClN6O2S2/c1-4-8-23-16-6-5-15(20)17(12(16)2)24-19-14(10-21)18(22)26(29-19)13-7-9-25(11-13)30(3,27)28/h4-6,8,13,22,24H,1,7,9,11H2,2-3H3/b22-18?,23-8-/t13-/m0/s1. The predicted molar refractivity (Wildman–Crippen MR) is 121 cm³/mol. The topological polar surface area (TPSA) is 114 Å². The van der Waals surface area contributed by atoms with Gasteiger partial charge in [-0.1, -0.05) is 24.3 Å². The maximum absolute atomic E-state index is 11.8. The number of aromatic nitrogens is 1. The molecule has 1 atom stereocenters. The minimum Gasteiger partial charge on any atom is -0.343 e. The second-order valence-electron chi connectivity index (χ2n) is 6.85. The van der Waals surface area contributed by atoms with Crippen molar-refractivity contribution >= 4 is 55.7 Å². The Balaban J connectivity index is 1.99. The van der Waals surface area contributed by atoms with Crippen molar-refractivity contribution in [2.45, 2.75) is 19.4 Å². The third-order valence-electron chi connectivity index (χ3n) is 4.86. The molecule has 11 heteroatoms. The number of anilines is 2. The number of halogens is 1. The molecular weight excluding hydrogens is 444 g/mol. The quantitative estimate of drug-likeness (QED) is 0.634. The largest absolute Gasteiger partial charge is 0.343 e. The Morgan fingerprint density at radius 1 is 1.50 bits per heavy atom. The fraction of sp³-hybridized carbons (Fsp3) is 0.316. The number of allylic oxidation sites excluding steroid dienone is 1. The number of hydrogen-bond donors (Lipinski definition) is 2. The fourth-order valence-electron chi connectivity index (χ4n) is 3.26. The van der Waals surface area contributed by atoms with Crippen molar-refractivity contribution in [3.63, 3.8) is 0 Å². The molecule has 0 aliphatic carbocycles. The number of benzene rings is 1. The van der Waals surface area contributed by atoms with Crippen LogP contribution in [0.4, 0.5) is 16.4 Å². The summed E-state index contributed by atoms with van der Waals surface area (Å²) in [6.45, 7) is 6.16. The molecule has 1 saturated heterocycles. The molecule has 0 spiro atoms. The monoisotopic (exact) mass is 464 g/mol. The van der Waals surface area contributed by atoms with Crippen molar-refractivity contribution < 1.29 is 8.42 Å². The lowest BCUT2D eigenvalue weighted by Crippen LogP contribution is -2.29. The first-order chi connectivity index (χ1) is 14.2. The highest BCUT2D eigenvalue weighted by molar-refractivity contribution is 7.88. The Morgan fingerprint density at radius 3 is 2.83 bits per heavy atom. The molecule has 0 unspecified atom stereocenters. The SMILES string of the molecule is C=C/C=N\c1ccc(Cl)c(Nc2sn([C@H]3CCN(S(C)(=O)=O)C3)c(=N)c2C#N)c1C. The summed E-state index contributed by atoms with van der Waals surface area (Å²) in [5.74, 6) is 0. The molecule has 2 aromatic rings. The molecule has 1 aromatic heterocycles. The summed E-state index contributed by atoms with van der Waals surface area (Å²) in [5.41, 5.74) is 2.34. The molecule has 1 aromatic carbocycles. The number of nitriles is 1. The molecule has 0 saturated carbocycles. The van der Waals surface area contributed by atoms with Crippen molar-refractivity contribution in [3.05, 3.63) is 46.4 Å². The van der Waals surface area contributed by atoms with E-state index in [-0.39, 0.29) is 23.6 Å². The Bertz CT molecular complexity index is 1220. The lowest BCUT2D eigenvalue weighted by Gasteiger charge is -2.14. The second-order valence-corrected chi connectivity index (χ2v) is 10.2. The van der Waals surface area contributed by atoms with Gasteiger partial charge in [-0.2, -0.15) is 9.57 Å².